The second-order valence-electron chi connectivity index (χ2n) is 6.03. The van der Waals surface area contributed by atoms with Crippen molar-refractivity contribution in [3.8, 4) is 0 Å². The van der Waals surface area contributed by atoms with Gasteiger partial charge in [0.15, 0.2) is 0 Å². The van der Waals surface area contributed by atoms with E-state index in [9.17, 15) is 4.79 Å². The molecule has 110 valence electrons. The van der Waals surface area contributed by atoms with Gasteiger partial charge in [0, 0.05) is 38.2 Å². The molecule has 0 aromatic rings. The molecule has 2 rings (SSSR count). The number of hydrogen-bond acceptors (Lipinski definition) is 3. The molecule has 0 aliphatic carbocycles. The molecule has 2 aliphatic heterocycles. The molecule has 2 unspecified atom stereocenters. The SMILES string of the molecule is CC1CCCN1C(=O)CCN1CCCCC1CCO. The zero-order valence-corrected chi connectivity index (χ0v) is 12.2. The van der Waals surface area contributed by atoms with E-state index in [1.54, 1.807) is 0 Å². The van der Waals surface area contributed by atoms with Gasteiger partial charge in [-0.3, -0.25) is 9.69 Å². The highest BCUT2D eigenvalue weighted by atomic mass is 16.3. The molecule has 2 fully saturated rings. The van der Waals surface area contributed by atoms with Crippen molar-refractivity contribution in [2.75, 3.05) is 26.2 Å². The van der Waals surface area contributed by atoms with E-state index in [4.69, 9.17) is 5.11 Å². The van der Waals surface area contributed by atoms with Gasteiger partial charge in [0.05, 0.1) is 0 Å². The zero-order chi connectivity index (χ0) is 13.7. The topological polar surface area (TPSA) is 43.8 Å². The third-order valence-corrected chi connectivity index (χ3v) is 4.70. The minimum absolute atomic E-state index is 0.262. The molecule has 0 aromatic heterocycles. The van der Waals surface area contributed by atoms with Crippen LogP contribution in [0.15, 0.2) is 0 Å². The Morgan fingerprint density at radius 1 is 1.21 bits per heavy atom. The summed E-state index contributed by atoms with van der Waals surface area (Å²) in [6.45, 7) is 5.32. The minimum Gasteiger partial charge on any atom is -0.396 e. The molecule has 0 aromatic carbocycles. The van der Waals surface area contributed by atoms with Crippen LogP contribution in [-0.2, 0) is 4.79 Å². The highest BCUT2D eigenvalue weighted by Crippen LogP contribution is 2.21. The maximum atomic E-state index is 12.2. The molecule has 19 heavy (non-hydrogen) atoms. The van der Waals surface area contributed by atoms with E-state index in [1.807, 2.05) is 4.90 Å². The Hall–Kier alpha value is -0.610. The van der Waals surface area contributed by atoms with Gasteiger partial charge in [0.25, 0.3) is 0 Å². The fourth-order valence-electron chi connectivity index (χ4n) is 3.52. The van der Waals surface area contributed by atoms with Gasteiger partial charge in [-0.25, -0.2) is 0 Å². The zero-order valence-electron chi connectivity index (χ0n) is 12.2. The van der Waals surface area contributed by atoms with Crippen molar-refractivity contribution in [1.82, 2.24) is 9.80 Å². The maximum Gasteiger partial charge on any atom is 0.224 e. The number of amides is 1. The van der Waals surface area contributed by atoms with Crippen LogP contribution < -0.4 is 0 Å². The monoisotopic (exact) mass is 268 g/mol. The molecule has 1 amide bonds. The van der Waals surface area contributed by atoms with Gasteiger partial charge in [-0.05, 0) is 45.6 Å². The van der Waals surface area contributed by atoms with Crippen LogP contribution in [0, 0.1) is 0 Å². The van der Waals surface area contributed by atoms with E-state index in [0.717, 1.165) is 38.9 Å². The number of hydrogen-bond donors (Lipinski definition) is 1. The lowest BCUT2D eigenvalue weighted by Crippen LogP contribution is -2.43. The summed E-state index contributed by atoms with van der Waals surface area (Å²) in [7, 11) is 0. The normalized spacial score (nSPS) is 28.8. The Morgan fingerprint density at radius 3 is 2.74 bits per heavy atom. The lowest BCUT2D eigenvalue weighted by molar-refractivity contribution is -0.132. The molecular weight excluding hydrogens is 240 g/mol. The molecule has 4 heteroatoms. The van der Waals surface area contributed by atoms with Crippen LogP contribution in [0.2, 0.25) is 0 Å². The summed E-state index contributed by atoms with van der Waals surface area (Å²) in [5, 5.41) is 9.12. The number of aliphatic hydroxyl groups is 1. The number of piperidine rings is 1. The molecule has 1 N–H and O–H groups in total. The predicted octanol–water partition coefficient (Wildman–Crippen LogP) is 1.62. The summed E-state index contributed by atoms with van der Waals surface area (Å²) in [5.41, 5.74) is 0. The van der Waals surface area contributed by atoms with E-state index < -0.39 is 0 Å². The smallest absolute Gasteiger partial charge is 0.224 e. The first kappa shape index (κ1) is 14.8. The average molecular weight is 268 g/mol. The fraction of sp³-hybridized carbons (Fsp3) is 0.933. The second-order valence-corrected chi connectivity index (χ2v) is 6.03. The average Bonchev–Trinajstić information content (AvgIpc) is 2.84. The number of rotatable bonds is 5. The Morgan fingerprint density at radius 2 is 2.05 bits per heavy atom. The van der Waals surface area contributed by atoms with Gasteiger partial charge in [-0.1, -0.05) is 6.42 Å². The highest BCUT2D eigenvalue weighted by molar-refractivity contribution is 5.77. The van der Waals surface area contributed by atoms with Gasteiger partial charge >= 0.3 is 0 Å². The maximum absolute atomic E-state index is 12.2. The number of likely N-dealkylation sites (tertiary alicyclic amines) is 2. The van der Waals surface area contributed by atoms with Crippen LogP contribution in [0.5, 0.6) is 0 Å². The molecule has 0 radical (unpaired) electrons. The van der Waals surface area contributed by atoms with E-state index in [0.29, 0.717) is 24.4 Å². The summed E-state index contributed by atoms with van der Waals surface area (Å²) in [6, 6.07) is 0.921. The molecule has 4 nitrogen and oxygen atoms in total. The number of carbonyl (C=O) groups excluding carboxylic acids is 1. The largest absolute Gasteiger partial charge is 0.396 e. The molecular formula is C15H28N2O2. The summed E-state index contributed by atoms with van der Waals surface area (Å²) < 4.78 is 0. The molecule has 2 saturated heterocycles. The van der Waals surface area contributed by atoms with Crippen molar-refractivity contribution in [2.45, 2.75) is 64.0 Å². The minimum atomic E-state index is 0.262. The van der Waals surface area contributed by atoms with Gasteiger partial charge < -0.3 is 10.0 Å². The van der Waals surface area contributed by atoms with Gasteiger partial charge in [-0.15, -0.1) is 0 Å². The molecule has 2 heterocycles. The van der Waals surface area contributed by atoms with E-state index in [-0.39, 0.29) is 6.61 Å². The van der Waals surface area contributed by atoms with Crippen molar-refractivity contribution in [2.24, 2.45) is 0 Å². The van der Waals surface area contributed by atoms with Crippen LogP contribution in [0.4, 0.5) is 0 Å². The van der Waals surface area contributed by atoms with E-state index in [1.165, 1.54) is 19.3 Å². The van der Waals surface area contributed by atoms with Crippen LogP contribution in [0.25, 0.3) is 0 Å². The van der Waals surface area contributed by atoms with Crippen LogP contribution >= 0.6 is 0 Å². The first-order valence-electron chi connectivity index (χ1n) is 7.86. The predicted molar refractivity (Wildman–Crippen MR) is 75.9 cm³/mol. The van der Waals surface area contributed by atoms with Gasteiger partial charge in [0.2, 0.25) is 5.91 Å². The first-order chi connectivity index (χ1) is 9.22. The second kappa shape index (κ2) is 7.25. The Bertz CT molecular complexity index is 294. The van der Waals surface area contributed by atoms with Crippen molar-refractivity contribution < 1.29 is 9.90 Å². The summed E-state index contributed by atoms with van der Waals surface area (Å²) >= 11 is 0. The first-order valence-corrected chi connectivity index (χ1v) is 7.86. The third kappa shape index (κ3) is 3.93. The number of aliphatic hydroxyl groups excluding tert-OH is 1. The molecule has 2 aliphatic rings. The van der Waals surface area contributed by atoms with E-state index in [2.05, 4.69) is 11.8 Å². The van der Waals surface area contributed by atoms with Crippen molar-refractivity contribution in [3.05, 3.63) is 0 Å². The standard InChI is InChI=1S/C15H28N2O2/c1-13-5-4-10-17(13)15(19)7-11-16-9-3-2-6-14(16)8-12-18/h13-14,18H,2-12H2,1H3. The van der Waals surface area contributed by atoms with Gasteiger partial charge in [0.1, 0.15) is 0 Å². The van der Waals surface area contributed by atoms with Crippen molar-refractivity contribution in [1.29, 1.82) is 0 Å². The summed E-state index contributed by atoms with van der Waals surface area (Å²) in [6.07, 6.45) is 7.48. The fourth-order valence-corrected chi connectivity index (χ4v) is 3.52. The molecule has 0 saturated carbocycles. The van der Waals surface area contributed by atoms with Crippen molar-refractivity contribution >= 4 is 5.91 Å². The Balaban J connectivity index is 1.78. The molecule has 0 bridgehead atoms. The van der Waals surface area contributed by atoms with Crippen molar-refractivity contribution in [3.63, 3.8) is 0 Å². The summed E-state index contributed by atoms with van der Waals surface area (Å²) in [5.74, 6) is 0.318. The lowest BCUT2D eigenvalue weighted by atomic mass is 9.99. The Kier molecular flexibility index (Phi) is 5.64. The number of carbonyl (C=O) groups is 1. The highest BCUT2D eigenvalue weighted by Gasteiger charge is 2.27. The van der Waals surface area contributed by atoms with E-state index >= 15 is 0 Å². The molecule has 2 atom stereocenters. The number of nitrogens with zero attached hydrogens (tertiary/aromatic N) is 2. The summed E-state index contributed by atoms with van der Waals surface area (Å²) in [4.78, 5) is 16.7. The lowest BCUT2D eigenvalue weighted by Gasteiger charge is -2.35. The molecule has 0 spiro atoms. The van der Waals surface area contributed by atoms with Crippen LogP contribution in [0.1, 0.15) is 51.9 Å². The Labute approximate surface area is 116 Å². The van der Waals surface area contributed by atoms with Crippen LogP contribution in [0.3, 0.4) is 0 Å². The van der Waals surface area contributed by atoms with Crippen LogP contribution in [-0.4, -0.2) is 59.1 Å². The van der Waals surface area contributed by atoms with Gasteiger partial charge in [-0.2, -0.15) is 0 Å². The third-order valence-electron chi connectivity index (χ3n) is 4.70. The quantitative estimate of drug-likeness (QED) is 0.824.